The van der Waals surface area contributed by atoms with Crippen LogP contribution in [0, 0.1) is 40.9 Å². The van der Waals surface area contributed by atoms with E-state index in [0.717, 1.165) is 25.7 Å². The third-order valence-corrected chi connectivity index (χ3v) is 10.1. The topological polar surface area (TPSA) is 55.8 Å². The van der Waals surface area contributed by atoms with Crippen molar-refractivity contribution in [1.29, 1.82) is 0 Å². The Morgan fingerprint density at radius 2 is 1.17 bits per heavy atom. The summed E-state index contributed by atoms with van der Waals surface area (Å²) in [5.74, 6) is 1.60. The highest BCUT2D eigenvalue weighted by atomic mass is 31.2. The molecule has 5 heteroatoms. The molecule has 0 spiro atoms. The summed E-state index contributed by atoms with van der Waals surface area (Å²) in [6, 6.07) is 0. The molecule has 0 bridgehead atoms. The van der Waals surface area contributed by atoms with Crippen LogP contribution < -0.4 is 0 Å². The minimum Gasteiger partial charge on any atom is -0.380 e. The van der Waals surface area contributed by atoms with Gasteiger partial charge in [-0.1, -0.05) is 75.2 Å². The van der Waals surface area contributed by atoms with Crippen LogP contribution in [0.25, 0.3) is 0 Å². The molecule has 1 N–H and O–H groups in total. The molecule has 0 aromatic carbocycles. The van der Waals surface area contributed by atoms with Gasteiger partial charge in [-0.15, -0.1) is 0 Å². The van der Waals surface area contributed by atoms with Crippen molar-refractivity contribution in [3.8, 4) is 0 Å². The highest BCUT2D eigenvalue weighted by Crippen LogP contribution is 2.62. The Hall–Kier alpha value is 0.110. The van der Waals surface area contributed by atoms with E-state index in [-0.39, 0.29) is 12.2 Å². The number of hydrogen-bond donors (Lipinski definition) is 1. The summed E-state index contributed by atoms with van der Waals surface area (Å²) in [4.78, 5) is 0. The van der Waals surface area contributed by atoms with Gasteiger partial charge >= 0.3 is 7.60 Å². The average molecular weight is 445 g/mol. The van der Waals surface area contributed by atoms with E-state index in [4.69, 9.17) is 9.05 Å². The summed E-state index contributed by atoms with van der Waals surface area (Å²) in [5, 5.41) is 11.2. The molecular weight excluding hydrogens is 395 g/mol. The number of aliphatic hydroxyl groups excluding tert-OH is 1. The van der Waals surface area contributed by atoms with E-state index in [1.807, 2.05) is 20.8 Å². The van der Waals surface area contributed by atoms with Gasteiger partial charge in [0, 0.05) is 0 Å². The molecule has 30 heavy (non-hydrogen) atoms. The van der Waals surface area contributed by atoms with Gasteiger partial charge in [0.15, 0.2) is 5.85 Å². The van der Waals surface area contributed by atoms with Gasteiger partial charge in [0.2, 0.25) is 0 Å². The molecule has 8 atom stereocenters. The smallest absolute Gasteiger partial charge is 0.359 e. The third-order valence-electron chi connectivity index (χ3n) is 7.56. The van der Waals surface area contributed by atoms with E-state index in [2.05, 4.69) is 41.5 Å². The standard InChI is InChI=1S/C25H49O4P/c1-16(2)20-12-10-18(5)14-22(20)28-30(27,24(26)25(7,8)9)29-23-15-19(6)11-13-21(23)17(3)4/h16-24,26H,10-15H2,1-9H3/t18-,19-,20-,21+,22-,23-,24-,30?/m1/s1. The van der Waals surface area contributed by atoms with Crippen molar-refractivity contribution in [2.45, 2.75) is 119 Å². The summed E-state index contributed by atoms with van der Waals surface area (Å²) in [6.07, 6.45) is 6.10. The summed E-state index contributed by atoms with van der Waals surface area (Å²) in [7, 11) is -3.72. The maximum Gasteiger partial charge on any atom is 0.359 e. The molecule has 178 valence electrons. The fourth-order valence-corrected chi connectivity index (χ4v) is 7.93. The van der Waals surface area contributed by atoms with Crippen molar-refractivity contribution in [2.75, 3.05) is 0 Å². The predicted molar refractivity (Wildman–Crippen MR) is 126 cm³/mol. The number of aliphatic hydroxyl groups is 1. The summed E-state index contributed by atoms with van der Waals surface area (Å²) >= 11 is 0. The van der Waals surface area contributed by atoms with Crippen LogP contribution in [-0.2, 0) is 13.6 Å². The van der Waals surface area contributed by atoms with E-state index in [1.165, 1.54) is 12.8 Å². The van der Waals surface area contributed by atoms with Crippen molar-refractivity contribution in [2.24, 2.45) is 40.9 Å². The van der Waals surface area contributed by atoms with Gasteiger partial charge in [-0.05, 0) is 66.6 Å². The predicted octanol–water partition coefficient (Wildman–Crippen LogP) is 7.50. The van der Waals surface area contributed by atoms with Crippen LogP contribution in [0.4, 0.5) is 0 Å². The van der Waals surface area contributed by atoms with Crippen LogP contribution >= 0.6 is 7.60 Å². The fourth-order valence-electron chi connectivity index (χ4n) is 5.46. The Morgan fingerprint density at radius 3 is 1.47 bits per heavy atom. The average Bonchev–Trinajstić information content (AvgIpc) is 2.59. The zero-order valence-corrected chi connectivity index (χ0v) is 22.0. The summed E-state index contributed by atoms with van der Waals surface area (Å²) < 4.78 is 27.3. The maximum atomic E-state index is 14.4. The van der Waals surface area contributed by atoms with Crippen LogP contribution in [0.2, 0.25) is 0 Å². The van der Waals surface area contributed by atoms with Crippen molar-refractivity contribution in [1.82, 2.24) is 0 Å². The van der Waals surface area contributed by atoms with Crippen LogP contribution in [0.1, 0.15) is 101 Å². The van der Waals surface area contributed by atoms with E-state index in [1.54, 1.807) is 0 Å². The van der Waals surface area contributed by atoms with E-state index in [0.29, 0.717) is 35.5 Å². The van der Waals surface area contributed by atoms with Gasteiger partial charge in [0.25, 0.3) is 0 Å². The molecule has 2 rings (SSSR count). The molecule has 4 nitrogen and oxygen atoms in total. The first-order valence-corrected chi connectivity index (χ1v) is 14.0. The molecule has 2 aliphatic carbocycles. The number of rotatable bonds is 7. The molecule has 0 aliphatic heterocycles. The molecule has 0 aromatic rings. The van der Waals surface area contributed by atoms with Gasteiger partial charge in [-0.25, -0.2) is 0 Å². The molecule has 0 amide bonds. The minimum atomic E-state index is -3.72. The first-order valence-electron chi connectivity index (χ1n) is 12.4. The Morgan fingerprint density at radius 1 is 0.800 bits per heavy atom. The van der Waals surface area contributed by atoms with Crippen LogP contribution in [-0.4, -0.2) is 23.2 Å². The quantitative estimate of drug-likeness (QED) is 0.413. The van der Waals surface area contributed by atoms with Gasteiger partial charge in [0.05, 0.1) is 12.2 Å². The van der Waals surface area contributed by atoms with Crippen LogP contribution in [0.3, 0.4) is 0 Å². The van der Waals surface area contributed by atoms with Crippen molar-refractivity contribution >= 4 is 7.60 Å². The van der Waals surface area contributed by atoms with Gasteiger partial charge in [-0.3, -0.25) is 4.57 Å². The van der Waals surface area contributed by atoms with Crippen molar-refractivity contribution < 1.29 is 18.7 Å². The largest absolute Gasteiger partial charge is 0.380 e. The fraction of sp³-hybridized carbons (Fsp3) is 1.00. The summed E-state index contributed by atoms with van der Waals surface area (Å²) in [6.45, 7) is 19.1. The molecule has 0 radical (unpaired) electrons. The lowest BCUT2D eigenvalue weighted by Crippen LogP contribution is -2.39. The van der Waals surface area contributed by atoms with E-state index < -0.39 is 18.9 Å². The molecule has 2 saturated carbocycles. The second kappa shape index (κ2) is 10.4. The van der Waals surface area contributed by atoms with Gasteiger partial charge < -0.3 is 14.2 Å². The highest BCUT2D eigenvalue weighted by molar-refractivity contribution is 7.54. The van der Waals surface area contributed by atoms with Crippen LogP contribution in [0.15, 0.2) is 0 Å². The molecule has 0 heterocycles. The second-order valence-corrected chi connectivity index (χ2v) is 14.2. The van der Waals surface area contributed by atoms with Gasteiger partial charge in [-0.2, -0.15) is 0 Å². The first-order chi connectivity index (χ1) is 13.7. The Bertz CT molecular complexity index is 544. The highest BCUT2D eigenvalue weighted by Gasteiger charge is 2.49. The molecule has 1 unspecified atom stereocenters. The summed E-state index contributed by atoms with van der Waals surface area (Å²) in [5.41, 5.74) is -0.573. The van der Waals surface area contributed by atoms with Crippen LogP contribution in [0.5, 0.6) is 0 Å². The Labute approximate surface area is 186 Å². The second-order valence-electron chi connectivity index (χ2n) is 12.2. The van der Waals surface area contributed by atoms with Gasteiger partial charge in [0.1, 0.15) is 0 Å². The SMILES string of the molecule is CC(C)[C@H]1CC[C@@H](C)C[C@H]1OP(=O)(O[C@@H]1C[C@H](C)CC[C@H]1C(C)C)[C@@H](O)C(C)(C)C. The minimum absolute atomic E-state index is 0.116. The third kappa shape index (κ3) is 6.56. The Balaban J connectivity index is 2.34. The van der Waals surface area contributed by atoms with Crippen molar-refractivity contribution in [3.63, 3.8) is 0 Å². The molecule has 0 saturated heterocycles. The van der Waals surface area contributed by atoms with Crippen molar-refractivity contribution in [3.05, 3.63) is 0 Å². The molecular formula is C25H49O4P. The van der Waals surface area contributed by atoms with E-state index >= 15 is 0 Å². The number of hydrogen-bond acceptors (Lipinski definition) is 4. The normalized spacial score (nSPS) is 36.7. The van der Waals surface area contributed by atoms with E-state index in [9.17, 15) is 9.67 Å². The molecule has 0 aromatic heterocycles. The monoisotopic (exact) mass is 444 g/mol. The first kappa shape index (κ1) is 26.4. The maximum absolute atomic E-state index is 14.4. The molecule has 2 aliphatic rings. The lowest BCUT2D eigenvalue weighted by molar-refractivity contribution is -0.0251. The lowest BCUT2D eigenvalue weighted by atomic mass is 9.75. The zero-order valence-electron chi connectivity index (χ0n) is 21.1. The molecule has 2 fully saturated rings. The Kier molecular flexibility index (Phi) is 9.11. The lowest BCUT2D eigenvalue weighted by Gasteiger charge is -2.44. The zero-order chi connectivity index (χ0) is 22.9.